The zero-order valence-corrected chi connectivity index (χ0v) is 14.6. The highest BCUT2D eigenvalue weighted by Crippen LogP contribution is 2.27. The third kappa shape index (κ3) is 2.99. The van der Waals surface area contributed by atoms with Crippen LogP contribution < -0.4 is 10.6 Å². The number of nitrogens with one attached hydrogen (secondary N) is 4. The summed E-state index contributed by atoms with van der Waals surface area (Å²) in [5, 5.41) is 14.4. The lowest BCUT2D eigenvalue weighted by Crippen LogP contribution is -2.38. The maximum Gasteiger partial charge on any atom is 0.315 e. The van der Waals surface area contributed by atoms with E-state index >= 15 is 0 Å². The normalized spacial score (nSPS) is 16.6. The minimum Gasteiger partial charge on any atom is -0.358 e. The van der Waals surface area contributed by atoms with Gasteiger partial charge in [0.05, 0.1) is 17.9 Å². The Morgan fingerprint density at radius 2 is 2.24 bits per heavy atom. The number of carbonyl (C=O) groups excluding carboxylic acids is 1. The van der Waals surface area contributed by atoms with Crippen LogP contribution in [0.2, 0.25) is 0 Å². The molecule has 1 aliphatic carbocycles. The van der Waals surface area contributed by atoms with Gasteiger partial charge in [0.1, 0.15) is 0 Å². The van der Waals surface area contributed by atoms with Crippen LogP contribution in [-0.4, -0.2) is 21.2 Å². The van der Waals surface area contributed by atoms with Crippen molar-refractivity contribution >= 4 is 16.9 Å². The maximum absolute atomic E-state index is 12.3. The molecule has 2 aromatic heterocycles. The molecule has 0 aliphatic heterocycles. The van der Waals surface area contributed by atoms with Crippen molar-refractivity contribution in [1.29, 1.82) is 0 Å². The lowest BCUT2D eigenvalue weighted by molar-refractivity contribution is 0.235. The van der Waals surface area contributed by atoms with Crippen LogP contribution in [0.5, 0.6) is 0 Å². The van der Waals surface area contributed by atoms with E-state index in [1.54, 1.807) is 0 Å². The van der Waals surface area contributed by atoms with E-state index in [0.29, 0.717) is 6.54 Å². The summed E-state index contributed by atoms with van der Waals surface area (Å²) in [5.74, 6) is 0. The number of aromatic amines is 2. The smallest absolute Gasteiger partial charge is 0.315 e. The number of nitrogens with zero attached hydrogens (tertiary/aromatic N) is 1. The van der Waals surface area contributed by atoms with Crippen molar-refractivity contribution in [1.82, 2.24) is 25.8 Å². The number of carbonyl (C=O) groups is 1. The van der Waals surface area contributed by atoms with Crippen LogP contribution in [0.1, 0.15) is 47.0 Å². The number of fused-ring (bicyclic) bond motifs is 2. The van der Waals surface area contributed by atoms with Gasteiger partial charge in [-0.1, -0.05) is 6.07 Å². The van der Waals surface area contributed by atoms with Gasteiger partial charge in [-0.15, -0.1) is 0 Å². The fourth-order valence-electron chi connectivity index (χ4n) is 3.62. The van der Waals surface area contributed by atoms with Gasteiger partial charge in [-0.2, -0.15) is 5.10 Å². The van der Waals surface area contributed by atoms with Crippen molar-refractivity contribution in [2.24, 2.45) is 0 Å². The zero-order valence-electron chi connectivity index (χ0n) is 14.6. The molecule has 0 unspecified atom stereocenters. The van der Waals surface area contributed by atoms with E-state index in [1.807, 2.05) is 12.3 Å². The van der Waals surface area contributed by atoms with Crippen molar-refractivity contribution in [2.75, 3.05) is 0 Å². The molecule has 4 N–H and O–H groups in total. The first-order valence-corrected chi connectivity index (χ1v) is 8.76. The Bertz CT molecular complexity index is 923. The summed E-state index contributed by atoms with van der Waals surface area (Å²) >= 11 is 0. The highest BCUT2D eigenvalue weighted by Gasteiger charge is 2.23. The van der Waals surface area contributed by atoms with Gasteiger partial charge in [0.2, 0.25) is 0 Å². The number of aromatic nitrogens is 3. The van der Waals surface area contributed by atoms with Crippen molar-refractivity contribution < 1.29 is 4.79 Å². The molecule has 1 aliphatic rings. The van der Waals surface area contributed by atoms with Gasteiger partial charge in [0.25, 0.3) is 0 Å². The number of urea groups is 1. The number of rotatable bonds is 3. The van der Waals surface area contributed by atoms with Crippen molar-refractivity contribution in [3.8, 4) is 0 Å². The van der Waals surface area contributed by atoms with Crippen LogP contribution in [0, 0.1) is 13.8 Å². The van der Waals surface area contributed by atoms with E-state index in [2.05, 4.69) is 51.8 Å². The highest BCUT2D eigenvalue weighted by molar-refractivity contribution is 5.85. The minimum absolute atomic E-state index is 0.0169. The first-order valence-electron chi connectivity index (χ1n) is 8.76. The summed E-state index contributed by atoms with van der Waals surface area (Å²) in [4.78, 5) is 15.7. The van der Waals surface area contributed by atoms with Crippen molar-refractivity contribution in [3.63, 3.8) is 0 Å². The summed E-state index contributed by atoms with van der Waals surface area (Å²) in [7, 11) is 0. The Morgan fingerprint density at radius 3 is 3.12 bits per heavy atom. The molecule has 0 fully saturated rings. The molecule has 0 saturated carbocycles. The maximum atomic E-state index is 12.3. The van der Waals surface area contributed by atoms with Crippen LogP contribution in [0.25, 0.3) is 10.9 Å². The highest BCUT2D eigenvalue weighted by atomic mass is 16.2. The summed E-state index contributed by atoms with van der Waals surface area (Å²) in [6.07, 6.45) is 4.90. The summed E-state index contributed by atoms with van der Waals surface area (Å²) < 4.78 is 0. The fourth-order valence-corrected chi connectivity index (χ4v) is 3.62. The van der Waals surface area contributed by atoms with E-state index in [9.17, 15) is 4.79 Å². The Balaban J connectivity index is 1.40. The second kappa shape index (κ2) is 6.27. The molecule has 6 nitrogen and oxygen atoms in total. The SMILES string of the molecule is Cc1[nH]c2ccc(CNC(=O)N[C@@H]3CCCc4cn[nH]c43)cc2c1C. The predicted molar refractivity (Wildman–Crippen MR) is 97.4 cm³/mol. The number of aryl methyl sites for hydroxylation is 3. The molecule has 0 radical (unpaired) electrons. The van der Waals surface area contributed by atoms with Crippen LogP contribution in [0.3, 0.4) is 0 Å². The number of amides is 2. The van der Waals surface area contributed by atoms with Crippen LogP contribution in [0.15, 0.2) is 24.4 Å². The van der Waals surface area contributed by atoms with E-state index in [0.717, 1.165) is 36.0 Å². The fraction of sp³-hybridized carbons (Fsp3) is 0.368. The van der Waals surface area contributed by atoms with Crippen LogP contribution >= 0.6 is 0 Å². The van der Waals surface area contributed by atoms with Crippen LogP contribution in [-0.2, 0) is 13.0 Å². The number of hydrogen-bond acceptors (Lipinski definition) is 2. The second-order valence-corrected chi connectivity index (χ2v) is 6.84. The van der Waals surface area contributed by atoms with Gasteiger partial charge in [0, 0.05) is 23.1 Å². The van der Waals surface area contributed by atoms with Gasteiger partial charge in [0.15, 0.2) is 0 Å². The molecule has 4 rings (SSSR count). The Labute approximate surface area is 146 Å². The lowest BCUT2D eigenvalue weighted by Gasteiger charge is -2.23. The molecular formula is C19H23N5O. The van der Waals surface area contributed by atoms with Gasteiger partial charge < -0.3 is 15.6 Å². The molecule has 3 aromatic rings. The third-order valence-corrected chi connectivity index (χ3v) is 5.17. The van der Waals surface area contributed by atoms with E-state index in [-0.39, 0.29) is 12.1 Å². The second-order valence-electron chi connectivity index (χ2n) is 6.84. The Kier molecular flexibility index (Phi) is 3.95. The standard InChI is InChI=1S/C19H23N5O/c1-11-12(2)22-16-7-6-13(8-15(11)16)9-20-19(25)23-17-5-3-4-14-10-21-24-18(14)17/h6-8,10,17,22H,3-5,9H2,1-2H3,(H,21,24)(H2,20,23,25)/t17-/m1/s1. The Morgan fingerprint density at radius 1 is 1.36 bits per heavy atom. The number of benzene rings is 1. The average Bonchev–Trinajstić information content (AvgIpc) is 3.19. The molecule has 1 atom stereocenters. The molecule has 2 amide bonds. The van der Waals surface area contributed by atoms with E-state index < -0.39 is 0 Å². The lowest BCUT2D eigenvalue weighted by atomic mass is 9.94. The molecular weight excluding hydrogens is 314 g/mol. The monoisotopic (exact) mass is 337 g/mol. The van der Waals surface area contributed by atoms with Gasteiger partial charge in [-0.25, -0.2) is 4.79 Å². The van der Waals surface area contributed by atoms with Crippen LogP contribution in [0.4, 0.5) is 4.79 Å². The molecule has 2 heterocycles. The summed E-state index contributed by atoms with van der Waals surface area (Å²) in [6, 6.07) is 6.13. The van der Waals surface area contributed by atoms with E-state index in [1.165, 1.54) is 22.2 Å². The molecule has 0 saturated heterocycles. The summed E-state index contributed by atoms with van der Waals surface area (Å²) in [5.41, 5.74) is 6.93. The van der Waals surface area contributed by atoms with Crippen molar-refractivity contribution in [2.45, 2.75) is 45.7 Å². The molecule has 1 aromatic carbocycles. The van der Waals surface area contributed by atoms with Crippen molar-refractivity contribution in [3.05, 3.63) is 52.5 Å². The predicted octanol–water partition coefficient (Wildman–Crippen LogP) is 3.38. The van der Waals surface area contributed by atoms with Gasteiger partial charge in [-0.3, -0.25) is 5.10 Å². The third-order valence-electron chi connectivity index (χ3n) is 5.17. The first-order chi connectivity index (χ1) is 12.1. The summed E-state index contributed by atoms with van der Waals surface area (Å²) in [6.45, 7) is 4.70. The molecule has 130 valence electrons. The topological polar surface area (TPSA) is 85.6 Å². The number of H-pyrrole nitrogens is 2. The number of hydrogen-bond donors (Lipinski definition) is 4. The molecule has 25 heavy (non-hydrogen) atoms. The zero-order chi connectivity index (χ0) is 17.4. The quantitative estimate of drug-likeness (QED) is 0.590. The molecule has 0 bridgehead atoms. The largest absolute Gasteiger partial charge is 0.358 e. The van der Waals surface area contributed by atoms with Gasteiger partial charge in [-0.05, 0) is 61.9 Å². The average molecular weight is 337 g/mol. The molecule has 0 spiro atoms. The van der Waals surface area contributed by atoms with E-state index in [4.69, 9.17) is 0 Å². The first kappa shape index (κ1) is 15.7. The minimum atomic E-state index is -0.144. The van der Waals surface area contributed by atoms with Gasteiger partial charge >= 0.3 is 6.03 Å². The Hall–Kier alpha value is -2.76. The molecule has 6 heteroatoms.